The Morgan fingerprint density at radius 2 is 2.21 bits per heavy atom. The molecule has 0 radical (unpaired) electrons. The fraction of sp³-hybridized carbons (Fsp3) is 0.400. The molecule has 0 aliphatic rings. The standard InChI is InChI=1S/C15H20N2OS/c1-10-7-17-14(11(2)15(10)18-4)8-16-12(3)13-5-6-19-9-13/h5-7,9,12,16H,8H2,1-4H3. The topological polar surface area (TPSA) is 34.1 Å². The predicted molar refractivity (Wildman–Crippen MR) is 79.8 cm³/mol. The van der Waals surface area contributed by atoms with Crippen molar-refractivity contribution in [3.8, 4) is 5.75 Å². The van der Waals surface area contributed by atoms with E-state index in [1.54, 1.807) is 18.4 Å². The summed E-state index contributed by atoms with van der Waals surface area (Å²) in [5, 5.41) is 7.78. The largest absolute Gasteiger partial charge is 0.496 e. The van der Waals surface area contributed by atoms with Crippen LogP contribution in [0.2, 0.25) is 0 Å². The first-order valence-electron chi connectivity index (χ1n) is 6.38. The maximum atomic E-state index is 5.43. The second-order valence-electron chi connectivity index (χ2n) is 4.71. The number of aromatic nitrogens is 1. The SMILES string of the molecule is COc1c(C)cnc(CNC(C)c2ccsc2)c1C. The normalized spacial score (nSPS) is 12.4. The second-order valence-corrected chi connectivity index (χ2v) is 5.49. The lowest BCUT2D eigenvalue weighted by Crippen LogP contribution is -2.19. The average Bonchev–Trinajstić information content (AvgIpc) is 2.92. The van der Waals surface area contributed by atoms with Crippen LogP contribution in [0, 0.1) is 13.8 Å². The molecule has 0 fully saturated rings. The highest BCUT2D eigenvalue weighted by Gasteiger charge is 2.11. The van der Waals surface area contributed by atoms with E-state index in [1.165, 1.54) is 5.56 Å². The Bertz CT molecular complexity index is 537. The highest BCUT2D eigenvalue weighted by molar-refractivity contribution is 7.07. The van der Waals surface area contributed by atoms with Crippen LogP contribution >= 0.6 is 11.3 Å². The summed E-state index contributed by atoms with van der Waals surface area (Å²) in [6.45, 7) is 7.00. The minimum absolute atomic E-state index is 0.333. The van der Waals surface area contributed by atoms with Gasteiger partial charge in [-0.15, -0.1) is 0 Å². The first-order chi connectivity index (χ1) is 9.13. The highest BCUT2D eigenvalue weighted by Crippen LogP contribution is 2.24. The molecular weight excluding hydrogens is 256 g/mol. The third kappa shape index (κ3) is 3.14. The minimum atomic E-state index is 0.333. The van der Waals surface area contributed by atoms with Gasteiger partial charge in [0.1, 0.15) is 5.75 Å². The molecule has 0 bridgehead atoms. The van der Waals surface area contributed by atoms with Crippen LogP contribution < -0.4 is 10.1 Å². The van der Waals surface area contributed by atoms with Gasteiger partial charge in [-0.05, 0) is 43.2 Å². The third-order valence-electron chi connectivity index (χ3n) is 3.37. The lowest BCUT2D eigenvalue weighted by Gasteiger charge is -2.15. The van der Waals surface area contributed by atoms with Gasteiger partial charge in [-0.3, -0.25) is 4.98 Å². The molecule has 0 aromatic carbocycles. The number of thiophene rings is 1. The van der Waals surface area contributed by atoms with Crippen molar-refractivity contribution in [1.82, 2.24) is 10.3 Å². The lowest BCUT2D eigenvalue weighted by molar-refractivity contribution is 0.406. The van der Waals surface area contributed by atoms with Crippen LogP contribution in [-0.2, 0) is 6.54 Å². The smallest absolute Gasteiger partial charge is 0.128 e. The van der Waals surface area contributed by atoms with Crippen molar-refractivity contribution < 1.29 is 4.74 Å². The summed E-state index contributed by atoms with van der Waals surface area (Å²) in [5.74, 6) is 0.940. The van der Waals surface area contributed by atoms with Crippen LogP contribution in [0.25, 0.3) is 0 Å². The fourth-order valence-corrected chi connectivity index (χ4v) is 2.89. The molecule has 4 heteroatoms. The lowest BCUT2D eigenvalue weighted by atomic mass is 10.1. The third-order valence-corrected chi connectivity index (χ3v) is 4.07. The van der Waals surface area contributed by atoms with Gasteiger partial charge in [-0.2, -0.15) is 11.3 Å². The molecular formula is C15H20N2OS. The van der Waals surface area contributed by atoms with Crippen LogP contribution in [-0.4, -0.2) is 12.1 Å². The Balaban J connectivity index is 2.08. The molecule has 0 spiro atoms. The molecule has 1 atom stereocenters. The molecule has 2 aromatic rings. The maximum Gasteiger partial charge on any atom is 0.128 e. The number of pyridine rings is 1. The van der Waals surface area contributed by atoms with Crippen LogP contribution in [0.1, 0.15) is 35.3 Å². The summed E-state index contributed by atoms with van der Waals surface area (Å²) in [5.41, 5.74) is 4.56. The molecule has 0 saturated carbocycles. The van der Waals surface area contributed by atoms with Crippen LogP contribution in [0.15, 0.2) is 23.0 Å². The Hall–Kier alpha value is -1.39. The van der Waals surface area contributed by atoms with Gasteiger partial charge < -0.3 is 10.1 Å². The van der Waals surface area contributed by atoms with E-state index in [1.807, 2.05) is 13.1 Å². The molecule has 0 aliphatic heterocycles. The zero-order chi connectivity index (χ0) is 13.8. The number of methoxy groups -OCH3 is 1. The van der Waals surface area contributed by atoms with Gasteiger partial charge >= 0.3 is 0 Å². The molecule has 3 nitrogen and oxygen atoms in total. The van der Waals surface area contributed by atoms with E-state index in [0.29, 0.717) is 6.04 Å². The van der Waals surface area contributed by atoms with Crippen molar-refractivity contribution in [1.29, 1.82) is 0 Å². The van der Waals surface area contributed by atoms with Crippen molar-refractivity contribution in [2.24, 2.45) is 0 Å². The van der Waals surface area contributed by atoms with Gasteiger partial charge in [0.2, 0.25) is 0 Å². The van der Waals surface area contributed by atoms with E-state index in [0.717, 1.165) is 29.1 Å². The van der Waals surface area contributed by atoms with Crippen LogP contribution in [0.3, 0.4) is 0 Å². The van der Waals surface area contributed by atoms with Crippen molar-refractivity contribution in [2.75, 3.05) is 7.11 Å². The summed E-state index contributed by atoms with van der Waals surface area (Å²) in [6, 6.07) is 2.48. The van der Waals surface area contributed by atoms with E-state index in [-0.39, 0.29) is 0 Å². The molecule has 1 N–H and O–H groups in total. The molecule has 19 heavy (non-hydrogen) atoms. The van der Waals surface area contributed by atoms with Crippen LogP contribution in [0.4, 0.5) is 0 Å². The number of rotatable bonds is 5. The summed E-state index contributed by atoms with van der Waals surface area (Å²) < 4.78 is 5.43. The van der Waals surface area contributed by atoms with Crippen molar-refractivity contribution in [3.05, 3.63) is 45.4 Å². The van der Waals surface area contributed by atoms with E-state index >= 15 is 0 Å². The average molecular weight is 276 g/mol. The molecule has 2 aromatic heterocycles. The minimum Gasteiger partial charge on any atom is -0.496 e. The van der Waals surface area contributed by atoms with Gasteiger partial charge in [-0.25, -0.2) is 0 Å². The number of nitrogens with zero attached hydrogens (tertiary/aromatic N) is 1. The monoisotopic (exact) mass is 276 g/mol. The molecule has 102 valence electrons. The molecule has 2 heterocycles. The summed E-state index contributed by atoms with van der Waals surface area (Å²) in [6.07, 6.45) is 1.87. The number of aryl methyl sites for hydroxylation is 1. The first-order valence-corrected chi connectivity index (χ1v) is 7.32. The Morgan fingerprint density at radius 1 is 1.42 bits per heavy atom. The number of nitrogens with one attached hydrogen (secondary N) is 1. The first kappa shape index (κ1) is 14.0. The van der Waals surface area contributed by atoms with Crippen molar-refractivity contribution >= 4 is 11.3 Å². The van der Waals surface area contributed by atoms with Crippen molar-refractivity contribution in [2.45, 2.75) is 33.4 Å². The highest BCUT2D eigenvalue weighted by atomic mass is 32.1. The molecule has 2 rings (SSSR count). The van der Waals surface area contributed by atoms with Crippen LogP contribution in [0.5, 0.6) is 5.75 Å². The Kier molecular flexibility index (Phi) is 4.56. The summed E-state index contributed by atoms with van der Waals surface area (Å²) >= 11 is 1.73. The number of ether oxygens (including phenoxy) is 1. The van der Waals surface area contributed by atoms with Crippen molar-refractivity contribution in [3.63, 3.8) is 0 Å². The second kappa shape index (κ2) is 6.17. The molecule has 0 saturated heterocycles. The predicted octanol–water partition coefficient (Wildman–Crippen LogP) is 3.62. The zero-order valence-electron chi connectivity index (χ0n) is 11.9. The molecule has 1 unspecified atom stereocenters. The van der Waals surface area contributed by atoms with Gasteiger partial charge in [-0.1, -0.05) is 0 Å². The zero-order valence-corrected chi connectivity index (χ0v) is 12.7. The quantitative estimate of drug-likeness (QED) is 0.905. The maximum absolute atomic E-state index is 5.43. The summed E-state index contributed by atoms with van der Waals surface area (Å²) in [4.78, 5) is 4.50. The van der Waals surface area contributed by atoms with Gasteiger partial charge in [0, 0.05) is 29.9 Å². The molecule has 0 amide bonds. The van der Waals surface area contributed by atoms with Gasteiger partial charge in [0.15, 0.2) is 0 Å². The van der Waals surface area contributed by atoms with Gasteiger partial charge in [0.05, 0.1) is 12.8 Å². The van der Waals surface area contributed by atoms with E-state index in [2.05, 4.69) is 41.0 Å². The Morgan fingerprint density at radius 3 is 2.84 bits per heavy atom. The number of hydrogen-bond acceptors (Lipinski definition) is 4. The van der Waals surface area contributed by atoms with E-state index in [4.69, 9.17) is 4.74 Å². The van der Waals surface area contributed by atoms with Gasteiger partial charge in [0.25, 0.3) is 0 Å². The summed E-state index contributed by atoms with van der Waals surface area (Å²) in [7, 11) is 1.71. The Labute approximate surface area is 118 Å². The van der Waals surface area contributed by atoms with E-state index < -0.39 is 0 Å². The fourth-order valence-electron chi connectivity index (χ4n) is 2.14. The van der Waals surface area contributed by atoms with E-state index in [9.17, 15) is 0 Å². The number of hydrogen-bond donors (Lipinski definition) is 1. The molecule has 0 aliphatic carbocycles.